The minimum atomic E-state index is -1.04. The molecule has 0 saturated carbocycles. The third-order valence-corrected chi connectivity index (χ3v) is 2.79. The van der Waals surface area contributed by atoms with E-state index in [9.17, 15) is 13.6 Å². The van der Waals surface area contributed by atoms with E-state index in [0.29, 0.717) is 11.1 Å². The predicted octanol–water partition coefficient (Wildman–Crippen LogP) is 3.04. The van der Waals surface area contributed by atoms with E-state index < -0.39 is 17.5 Å². The molecule has 2 aromatic carbocycles. The fraction of sp³-hybridized carbons (Fsp3) is 0.0714. The molecule has 18 heavy (non-hydrogen) atoms. The summed E-state index contributed by atoms with van der Waals surface area (Å²) in [5.41, 5.74) is 6.11. The Balaban J connectivity index is 2.78. The Morgan fingerprint density at radius 2 is 1.78 bits per heavy atom. The Labute approximate surface area is 103 Å². The molecule has 92 valence electrons. The molecule has 0 aliphatic rings. The second-order valence-corrected chi connectivity index (χ2v) is 3.95. The van der Waals surface area contributed by atoms with Gasteiger partial charge in [-0.25, -0.2) is 8.78 Å². The zero-order chi connectivity index (χ0) is 13.3. The van der Waals surface area contributed by atoms with Crippen molar-refractivity contribution in [3.8, 4) is 11.1 Å². The molecule has 2 N–H and O–H groups in total. The second kappa shape index (κ2) is 4.56. The van der Waals surface area contributed by atoms with Gasteiger partial charge in [0.15, 0.2) is 11.6 Å². The number of hydrogen-bond acceptors (Lipinski definition) is 1. The van der Waals surface area contributed by atoms with E-state index in [1.807, 2.05) is 0 Å². The van der Waals surface area contributed by atoms with E-state index in [1.165, 1.54) is 6.92 Å². The molecule has 0 saturated heterocycles. The van der Waals surface area contributed by atoms with Crippen LogP contribution in [0.5, 0.6) is 0 Å². The van der Waals surface area contributed by atoms with E-state index in [-0.39, 0.29) is 11.1 Å². The van der Waals surface area contributed by atoms with E-state index in [4.69, 9.17) is 5.73 Å². The standard InChI is InChI=1S/C14H11F2NO/c1-8-12(14(17)18)10(7-11(15)13(8)16)9-5-3-2-4-6-9/h2-7H,1H3,(H2,17,18). The first-order valence-electron chi connectivity index (χ1n) is 5.36. The molecular weight excluding hydrogens is 236 g/mol. The lowest BCUT2D eigenvalue weighted by Crippen LogP contribution is -2.16. The van der Waals surface area contributed by atoms with Gasteiger partial charge in [-0.2, -0.15) is 0 Å². The van der Waals surface area contributed by atoms with Crippen LogP contribution in [0.3, 0.4) is 0 Å². The van der Waals surface area contributed by atoms with Crippen molar-refractivity contribution in [1.29, 1.82) is 0 Å². The molecular formula is C14H11F2NO. The lowest BCUT2D eigenvalue weighted by molar-refractivity contribution is 0.0999. The third-order valence-electron chi connectivity index (χ3n) is 2.79. The van der Waals surface area contributed by atoms with Gasteiger partial charge < -0.3 is 5.73 Å². The monoisotopic (exact) mass is 247 g/mol. The number of carbonyl (C=O) groups is 1. The van der Waals surface area contributed by atoms with E-state index in [1.54, 1.807) is 30.3 Å². The maximum atomic E-state index is 13.5. The van der Waals surface area contributed by atoms with Crippen LogP contribution >= 0.6 is 0 Å². The Kier molecular flexibility index (Phi) is 3.10. The molecule has 0 unspecified atom stereocenters. The molecule has 2 rings (SSSR count). The smallest absolute Gasteiger partial charge is 0.249 e. The maximum absolute atomic E-state index is 13.5. The van der Waals surface area contributed by atoms with Gasteiger partial charge in [0.05, 0.1) is 5.56 Å². The lowest BCUT2D eigenvalue weighted by Gasteiger charge is -2.11. The topological polar surface area (TPSA) is 43.1 Å². The third kappa shape index (κ3) is 1.97. The van der Waals surface area contributed by atoms with Gasteiger partial charge in [0.1, 0.15) is 0 Å². The van der Waals surface area contributed by atoms with Crippen molar-refractivity contribution >= 4 is 5.91 Å². The van der Waals surface area contributed by atoms with Crippen LogP contribution in [0, 0.1) is 18.6 Å². The highest BCUT2D eigenvalue weighted by Gasteiger charge is 2.19. The van der Waals surface area contributed by atoms with Crippen molar-refractivity contribution in [3.05, 3.63) is 59.2 Å². The number of nitrogens with two attached hydrogens (primary N) is 1. The summed E-state index contributed by atoms with van der Waals surface area (Å²) in [5, 5.41) is 0. The summed E-state index contributed by atoms with van der Waals surface area (Å²) >= 11 is 0. The van der Waals surface area contributed by atoms with Crippen LogP contribution in [-0.2, 0) is 0 Å². The van der Waals surface area contributed by atoms with Gasteiger partial charge in [0, 0.05) is 5.56 Å². The van der Waals surface area contributed by atoms with Crippen molar-refractivity contribution in [1.82, 2.24) is 0 Å². The molecule has 0 bridgehead atoms. The fourth-order valence-electron chi connectivity index (χ4n) is 1.92. The van der Waals surface area contributed by atoms with E-state index in [2.05, 4.69) is 0 Å². The maximum Gasteiger partial charge on any atom is 0.249 e. The molecule has 4 heteroatoms. The van der Waals surface area contributed by atoms with E-state index >= 15 is 0 Å². The first kappa shape index (κ1) is 12.2. The molecule has 0 fully saturated rings. The highest BCUT2D eigenvalue weighted by Crippen LogP contribution is 2.29. The number of primary amides is 1. The normalized spacial score (nSPS) is 10.4. The van der Waals surface area contributed by atoms with Gasteiger partial charge in [-0.05, 0) is 24.1 Å². The van der Waals surface area contributed by atoms with Crippen molar-refractivity contribution in [2.45, 2.75) is 6.92 Å². The summed E-state index contributed by atoms with van der Waals surface area (Å²) in [7, 11) is 0. The van der Waals surface area contributed by atoms with Gasteiger partial charge >= 0.3 is 0 Å². The number of rotatable bonds is 2. The van der Waals surface area contributed by atoms with Gasteiger partial charge in [-0.15, -0.1) is 0 Å². The molecule has 0 atom stereocenters. The van der Waals surface area contributed by atoms with Crippen molar-refractivity contribution in [2.24, 2.45) is 5.73 Å². The quantitative estimate of drug-likeness (QED) is 0.870. The molecule has 0 aliphatic carbocycles. The van der Waals surface area contributed by atoms with Crippen LogP contribution in [0.2, 0.25) is 0 Å². The van der Waals surface area contributed by atoms with Crippen LogP contribution in [-0.4, -0.2) is 5.91 Å². The van der Waals surface area contributed by atoms with Crippen molar-refractivity contribution in [2.75, 3.05) is 0 Å². The van der Waals surface area contributed by atoms with Crippen LogP contribution in [0.25, 0.3) is 11.1 Å². The Hall–Kier alpha value is -2.23. The number of benzene rings is 2. The summed E-state index contributed by atoms with van der Waals surface area (Å²) < 4.78 is 26.9. The predicted molar refractivity (Wildman–Crippen MR) is 65.0 cm³/mol. The summed E-state index contributed by atoms with van der Waals surface area (Å²) in [6.45, 7) is 1.34. The zero-order valence-corrected chi connectivity index (χ0v) is 9.71. The van der Waals surface area contributed by atoms with Crippen LogP contribution in [0.4, 0.5) is 8.78 Å². The van der Waals surface area contributed by atoms with Gasteiger partial charge in [0.25, 0.3) is 0 Å². The SMILES string of the molecule is Cc1c(F)c(F)cc(-c2ccccc2)c1C(N)=O. The molecule has 2 nitrogen and oxygen atoms in total. The highest BCUT2D eigenvalue weighted by atomic mass is 19.2. The first-order valence-corrected chi connectivity index (χ1v) is 5.36. The molecule has 0 aromatic heterocycles. The average molecular weight is 247 g/mol. The number of amides is 1. The number of hydrogen-bond donors (Lipinski definition) is 1. The lowest BCUT2D eigenvalue weighted by atomic mass is 9.95. The minimum Gasteiger partial charge on any atom is -0.366 e. The summed E-state index contributed by atoms with van der Waals surface area (Å²) in [5.74, 6) is -2.80. The zero-order valence-electron chi connectivity index (χ0n) is 9.71. The van der Waals surface area contributed by atoms with Crippen LogP contribution in [0.15, 0.2) is 36.4 Å². The molecule has 0 aliphatic heterocycles. The summed E-state index contributed by atoms with van der Waals surface area (Å²) in [6.07, 6.45) is 0. The Morgan fingerprint density at radius 3 is 2.33 bits per heavy atom. The van der Waals surface area contributed by atoms with Gasteiger partial charge in [-0.3, -0.25) is 4.79 Å². The van der Waals surface area contributed by atoms with E-state index in [0.717, 1.165) is 6.07 Å². The van der Waals surface area contributed by atoms with Crippen molar-refractivity contribution < 1.29 is 13.6 Å². The average Bonchev–Trinajstić information content (AvgIpc) is 2.36. The molecule has 2 aromatic rings. The first-order chi connectivity index (χ1) is 8.52. The van der Waals surface area contributed by atoms with Crippen molar-refractivity contribution in [3.63, 3.8) is 0 Å². The summed E-state index contributed by atoms with van der Waals surface area (Å²) in [4.78, 5) is 11.4. The summed E-state index contributed by atoms with van der Waals surface area (Å²) in [6, 6.07) is 9.70. The second-order valence-electron chi connectivity index (χ2n) is 3.95. The Bertz CT molecular complexity index is 609. The van der Waals surface area contributed by atoms with Crippen LogP contribution in [0.1, 0.15) is 15.9 Å². The van der Waals surface area contributed by atoms with Gasteiger partial charge in [-0.1, -0.05) is 30.3 Å². The fourth-order valence-corrected chi connectivity index (χ4v) is 1.92. The number of halogens is 2. The molecule has 0 spiro atoms. The molecule has 1 amide bonds. The minimum absolute atomic E-state index is 0.0140. The highest BCUT2D eigenvalue weighted by molar-refractivity contribution is 6.01. The Morgan fingerprint density at radius 1 is 1.17 bits per heavy atom. The number of carbonyl (C=O) groups excluding carboxylic acids is 1. The molecule has 0 heterocycles. The van der Waals surface area contributed by atoms with Crippen LogP contribution < -0.4 is 5.73 Å². The molecule has 0 radical (unpaired) electrons. The largest absolute Gasteiger partial charge is 0.366 e. The van der Waals surface area contributed by atoms with Gasteiger partial charge in [0.2, 0.25) is 5.91 Å².